The molecule has 2 N–H and O–H groups in total. The standard InChI is InChI=1S/C11H14IN/c1-2-3-10(8-13)9-4-6-11(12)7-5-9/h4-8H,2-3,13H2,1H3. The van der Waals surface area contributed by atoms with Crippen LogP contribution in [0.15, 0.2) is 30.5 Å². The number of allylic oxidation sites excluding steroid dienone is 1. The SMILES string of the molecule is CCCC(=CN)c1ccc(I)cc1. The average molecular weight is 287 g/mol. The predicted octanol–water partition coefficient (Wildman–Crippen LogP) is 3.39. The third kappa shape index (κ3) is 3.03. The van der Waals surface area contributed by atoms with Gasteiger partial charge in [-0.3, -0.25) is 0 Å². The molecule has 0 heterocycles. The van der Waals surface area contributed by atoms with Crippen LogP contribution in [-0.4, -0.2) is 0 Å². The zero-order valence-corrected chi connectivity index (χ0v) is 9.91. The van der Waals surface area contributed by atoms with Crippen molar-refractivity contribution in [1.82, 2.24) is 0 Å². The van der Waals surface area contributed by atoms with Crippen molar-refractivity contribution in [2.75, 3.05) is 0 Å². The topological polar surface area (TPSA) is 26.0 Å². The third-order valence-electron chi connectivity index (χ3n) is 1.94. The average Bonchev–Trinajstić information content (AvgIpc) is 2.16. The first-order valence-corrected chi connectivity index (χ1v) is 5.52. The molecule has 1 aromatic rings. The fourth-order valence-electron chi connectivity index (χ4n) is 1.26. The number of rotatable bonds is 3. The Hall–Kier alpha value is -0.510. The van der Waals surface area contributed by atoms with Crippen LogP contribution in [0.1, 0.15) is 25.3 Å². The molecule has 0 bridgehead atoms. The number of nitrogens with two attached hydrogens (primary N) is 1. The summed E-state index contributed by atoms with van der Waals surface area (Å²) in [4.78, 5) is 0. The molecule has 1 nitrogen and oxygen atoms in total. The number of hydrogen-bond acceptors (Lipinski definition) is 1. The maximum absolute atomic E-state index is 5.57. The van der Waals surface area contributed by atoms with Crippen molar-refractivity contribution in [3.63, 3.8) is 0 Å². The summed E-state index contributed by atoms with van der Waals surface area (Å²) >= 11 is 2.30. The van der Waals surface area contributed by atoms with Gasteiger partial charge in [0.1, 0.15) is 0 Å². The molecule has 0 fully saturated rings. The van der Waals surface area contributed by atoms with Crippen LogP contribution in [0.3, 0.4) is 0 Å². The lowest BCUT2D eigenvalue weighted by Gasteiger charge is -2.04. The van der Waals surface area contributed by atoms with Gasteiger partial charge in [0.15, 0.2) is 0 Å². The quantitative estimate of drug-likeness (QED) is 0.847. The highest BCUT2D eigenvalue weighted by Crippen LogP contribution is 2.19. The lowest BCUT2D eigenvalue weighted by atomic mass is 10.0. The van der Waals surface area contributed by atoms with Crippen LogP contribution >= 0.6 is 22.6 Å². The summed E-state index contributed by atoms with van der Waals surface area (Å²) in [5, 5.41) is 0. The van der Waals surface area contributed by atoms with Crippen molar-refractivity contribution in [2.45, 2.75) is 19.8 Å². The first kappa shape index (κ1) is 10.6. The van der Waals surface area contributed by atoms with Crippen LogP contribution in [0, 0.1) is 3.57 Å². The molecule has 1 rings (SSSR count). The highest BCUT2D eigenvalue weighted by molar-refractivity contribution is 14.1. The Labute approximate surface area is 93.2 Å². The van der Waals surface area contributed by atoms with E-state index in [0.29, 0.717) is 0 Å². The largest absolute Gasteiger partial charge is 0.404 e. The molecule has 0 aliphatic rings. The summed E-state index contributed by atoms with van der Waals surface area (Å²) in [6.45, 7) is 2.16. The van der Waals surface area contributed by atoms with Crippen molar-refractivity contribution < 1.29 is 0 Å². The summed E-state index contributed by atoms with van der Waals surface area (Å²) in [6.07, 6.45) is 3.90. The Morgan fingerprint density at radius 2 is 2.00 bits per heavy atom. The van der Waals surface area contributed by atoms with Crippen LogP contribution in [0.4, 0.5) is 0 Å². The molecule has 1 aromatic carbocycles. The molecule has 0 unspecified atom stereocenters. The summed E-state index contributed by atoms with van der Waals surface area (Å²) in [6, 6.07) is 8.45. The van der Waals surface area contributed by atoms with E-state index in [1.165, 1.54) is 14.7 Å². The van der Waals surface area contributed by atoms with E-state index in [0.717, 1.165) is 12.8 Å². The third-order valence-corrected chi connectivity index (χ3v) is 2.65. The van der Waals surface area contributed by atoms with E-state index in [9.17, 15) is 0 Å². The Balaban J connectivity index is 2.87. The molecule has 70 valence electrons. The normalized spacial score (nSPS) is 11.7. The predicted molar refractivity (Wildman–Crippen MR) is 66.2 cm³/mol. The lowest BCUT2D eigenvalue weighted by molar-refractivity contribution is 0.971. The second kappa shape index (κ2) is 5.27. The minimum Gasteiger partial charge on any atom is -0.404 e. The molecule has 13 heavy (non-hydrogen) atoms. The molecule has 0 amide bonds. The smallest absolute Gasteiger partial charge is 0.0130 e. The number of halogens is 1. The molecule has 0 radical (unpaired) electrons. The van der Waals surface area contributed by atoms with Crippen LogP contribution < -0.4 is 5.73 Å². The highest BCUT2D eigenvalue weighted by Gasteiger charge is 1.98. The second-order valence-corrected chi connectivity index (χ2v) is 4.19. The molecule has 0 aromatic heterocycles. The number of benzene rings is 1. The second-order valence-electron chi connectivity index (χ2n) is 2.95. The van der Waals surface area contributed by atoms with E-state index in [1.54, 1.807) is 6.20 Å². The van der Waals surface area contributed by atoms with E-state index in [1.807, 2.05) is 0 Å². The zero-order valence-electron chi connectivity index (χ0n) is 7.76. The molecule has 0 saturated heterocycles. The fraction of sp³-hybridized carbons (Fsp3) is 0.273. The molecule has 2 heteroatoms. The van der Waals surface area contributed by atoms with Crippen LogP contribution in [0.2, 0.25) is 0 Å². The van der Waals surface area contributed by atoms with Gasteiger partial charge in [-0.1, -0.05) is 25.5 Å². The Morgan fingerprint density at radius 1 is 1.38 bits per heavy atom. The molecule has 0 aliphatic heterocycles. The van der Waals surface area contributed by atoms with Gasteiger partial charge in [-0.15, -0.1) is 0 Å². The number of hydrogen-bond donors (Lipinski definition) is 1. The molecule has 0 atom stereocenters. The van der Waals surface area contributed by atoms with Gasteiger partial charge in [-0.2, -0.15) is 0 Å². The van der Waals surface area contributed by atoms with Gasteiger partial charge in [0.05, 0.1) is 0 Å². The van der Waals surface area contributed by atoms with Gasteiger partial charge in [-0.25, -0.2) is 0 Å². The Bertz CT molecular complexity index is 287. The van der Waals surface area contributed by atoms with Crippen molar-refractivity contribution in [3.05, 3.63) is 39.6 Å². The molecule has 0 aliphatic carbocycles. The minimum atomic E-state index is 1.05. The van der Waals surface area contributed by atoms with E-state index < -0.39 is 0 Å². The van der Waals surface area contributed by atoms with Crippen LogP contribution in [-0.2, 0) is 0 Å². The Kier molecular flexibility index (Phi) is 4.28. The van der Waals surface area contributed by atoms with Gasteiger partial charge in [-0.05, 0) is 58.5 Å². The van der Waals surface area contributed by atoms with Gasteiger partial charge < -0.3 is 5.73 Å². The summed E-state index contributed by atoms with van der Waals surface area (Å²) in [7, 11) is 0. The highest BCUT2D eigenvalue weighted by atomic mass is 127. The minimum absolute atomic E-state index is 1.05. The van der Waals surface area contributed by atoms with Crippen molar-refractivity contribution in [1.29, 1.82) is 0 Å². The summed E-state index contributed by atoms with van der Waals surface area (Å²) in [5.41, 5.74) is 8.04. The zero-order chi connectivity index (χ0) is 9.68. The first-order chi connectivity index (χ1) is 6.27. The lowest BCUT2D eigenvalue weighted by Crippen LogP contribution is -1.89. The molecular weight excluding hydrogens is 273 g/mol. The fourth-order valence-corrected chi connectivity index (χ4v) is 1.62. The summed E-state index contributed by atoms with van der Waals surface area (Å²) < 4.78 is 1.26. The van der Waals surface area contributed by atoms with Crippen molar-refractivity contribution >= 4 is 28.2 Å². The van der Waals surface area contributed by atoms with Crippen LogP contribution in [0.25, 0.3) is 5.57 Å². The van der Waals surface area contributed by atoms with Crippen LogP contribution in [0.5, 0.6) is 0 Å². The molecule has 0 spiro atoms. The maximum atomic E-state index is 5.57. The monoisotopic (exact) mass is 287 g/mol. The van der Waals surface area contributed by atoms with Crippen molar-refractivity contribution in [3.8, 4) is 0 Å². The van der Waals surface area contributed by atoms with E-state index in [-0.39, 0.29) is 0 Å². The molecular formula is C11H14IN. The molecule has 0 saturated carbocycles. The summed E-state index contributed by atoms with van der Waals surface area (Å²) in [5.74, 6) is 0. The van der Waals surface area contributed by atoms with Crippen molar-refractivity contribution in [2.24, 2.45) is 5.73 Å². The van der Waals surface area contributed by atoms with E-state index >= 15 is 0 Å². The maximum Gasteiger partial charge on any atom is 0.0130 e. The Morgan fingerprint density at radius 3 is 2.46 bits per heavy atom. The first-order valence-electron chi connectivity index (χ1n) is 4.44. The van der Waals surface area contributed by atoms with Gasteiger partial charge >= 0.3 is 0 Å². The van der Waals surface area contributed by atoms with Gasteiger partial charge in [0.2, 0.25) is 0 Å². The van der Waals surface area contributed by atoms with Gasteiger partial charge in [0, 0.05) is 3.57 Å². The van der Waals surface area contributed by atoms with E-state index in [2.05, 4.69) is 53.8 Å². The van der Waals surface area contributed by atoms with Gasteiger partial charge in [0.25, 0.3) is 0 Å². The van der Waals surface area contributed by atoms with E-state index in [4.69, 9.17) is 5.73 Å².